The number of amides is 1. The maximum Gasteiger partial charge on any atom is 0.257 e. The number of nitrogen functional groups attached to an aromatic ring is 1. The molecule has 0 atom stereocenters. The summed E-state index contributed by atoms with van der Waals surface area (Å²) in [6.07, 6.45) is 0. The number of carbonyl (C=O) groups is 1. The van der Waals surface area contributed by atoms with Gasteiger partial charge >= 0.3 is 0 Å². The zero-order chi connectivity index (χ0) is 15.4. The molecule has 0 spiro atoms. The minimum Gasteiger partial charge on any atom is -0.398 e. The Labute approximate surface area is 134 Å². The summed E-state index contributed by atoms with van der Waals surface area (Å²) in [6, 6.07) is 12.5. The number of nitrogens with two attached hydrogens (primary N) is 1. The van der Waals surface area contributed by atoms with Crippen molar-refractivity contribution in [2.24, 2.45) is 0 Å². The Hall–Kier alpha value is -1.71. The van der Waals surface area contributed by atoms with Crippen LogP contribution < -0.4 is 5.73 Å². The minimum atomic E-state index is -0.194. The second kappa shape index (κ2) is 6.83. The molecule has 2 aromatic carbocycles. The highest BCUT2D eigenvalue weighted by Crippen LogP contribution is 2.25. The van der Waals surface area contributed by atoms with Crippen LogP contribution >= 0.6 is 23.2 Å². The van der Waals surface area contributed by atoms with Crippen LogP contribution in [0.15, 0.2) is 42.5 Å². The van der Waals surface area contributed by atoms with E-state index in [-0.39, 0.29) is 5.91 Å². The largest absolute Gasteiger partial charge is 0.398 e. The minimum absolute atomic E-state index is 0.194. The smallest absolute Gasteiger partial charge is 0.257 e. The number of carbonyl (C=O) groups excluding carboxylic acids is 1. The van der Waals surface area contributed by atoms with E-state index in [2.05, 4.69) is 0 Å². The summed E-state index contributed by atoms with van der Waals surface area (Å²) in [5, 5.41) is 0.994. The van der Waals surface area contributed by atoms with E-state index in [0.717, 1.165) is 5.56 Å². The van der Waals surface area contributed by atoms with Gasteiger partial charge in [0.25, 0.3) is 5.91 Å². The van der Waals surface area contributed by atoms with Gasteiger partial charge in [-0.25, -0.2) is 0 Å². The molecular weight excluding hydrogens is 307 g/mol. The summed E-state index contributed by atoms with van der Waals surface area (Å²) in [7, 11) is 0. The Morgan fingerprint density at radius 2 is 1.76 bits per heavy atom. The molecule has 21 heavy (non-hydrogen) atoms. The SMILES string of the molecule is CCN(Cc1ccccc1Cl)C(=O)c1c(N)cccc1Cl. The average Bonchev–Trinajstić information content (AvgIpc) is 2.46. The van der Waals surface area contributed by atoms with E-state index in [4.69, 9.17) is 28.9 Å². The van der Waals surface area contributed by atoms with Crippen molar-refractivity contribution in [2.75, 3.05) is 12.3 Å². The molecule has 0 heterocycles. The summed E-state index contributed by atoms with van der Waals surface area (Å²) in [4.78, 5) is 14.3. The van der Waals surface area contributed by atoms with Gasteiger partial charge in [-0.1, -0.05) is 47.5 Å². The molecule has 3 nitrogen and oxygen atoms in total. The van der Waals surface area contributed by atoms with Crippen LogP contribution in [0.4, 0.5) is 5.69 Å². The molecule has 0 aromatic heterocycles. The van der Waals surface area contributed by atoms with Crippen LogP contribution in [0.25, 0.3) is 0 Å². The van der Waals surface area contributed by atoms with Crippen molar-refractivity contribution in [3.8, 4) is 0 Å². The summed E-state index contributed by atoms with van der Waals surface area (Å²) >= 11 is 12.3. The fourth-order valence-corrected chi connectivity index (χ4v) is 2.54. The van der Waals surface area contributed by atoms with Crippen molar-refractivity contribution in [3.05, 3.63) is 63.6 Å². The summed E-state index contributed by atoms with van der Waals surface area (Å²) in [6.45, 7) is 2.86. The standard InChI is InChI=1S/C16H16Cl2N2O/c1-2-20(10-11-6-3-4-7-12(11)17)16(21)15-13(18)8-5-9-14(15)19/h3-9H,2,10,19H2,1H3. The lowest BCUT2D eigenvalue weighted by molar-refractivity contribution is 0.0754. The molecule has 0 radical (unpaired) electrons. The topological polar surface area (TPSA) is 46.3 Å². The molecule has 2 rings (SSSR count). The zero-order valence-corrected chi connectivity index (χ0v) is 13.2. The van der Waals surface area contributed by atoms with Gasteiger partial charge in [0.2, 0.25) is 0 Å². The van der Waals surface area contributed by atoms with E-state index < -0.39 is 0 Å². The molecule has 1 amide bonds. The van der Waals surface area contributed by atoms with Gasteiger partial charge in [0.05, 0.1) is 10.6 Å². The van der Waals surface area contributed by atoms with Crippen molar-refractivity contribution in [2.45, 2.75) is 13.5 Å². The summed E-state index contributed by atoms with van der Waals surface area (Å²) in [5.41, 5.74) is 7.49. The summed E-state index contributed by atoms with van der Waals surface area (Å²) in [5.74, 6) is -0.194. The molecule has 5 heteroatoms. The van der Waals surface area contributed by atoms with Crippen LogP contribution in [0, 0.1) is 0 Å². The third-order valence-electron chi connectivity index (χ3n) is 3.25. The first kappa shape index (κ1) is 15.7. The fraction of sp³-hybridized carbons (Fsp3) is 0.188. The predicted molar refractivity (Wildman–Crippen MR) is 87.7 cm³/mol. The lowest BCUT2D eigenvalue weighted by atomic mass is 10.1. The molecule has 0 saturated carbocycles. The normalized spacial score (nSPS) is 10.4. The molecule has 0 saturated heterocycles. The van der Waals surface area contributed by atoms with E-state index in [1.54, 1.807) is 29.2 Å². The van der Waals surface area contributed by atoms with Crippen LogP contribution in [-0.4, -0.2) is 17.4 Å². The van der Waals surface area contributed by atoms with E-state index in [1.165, 1.54) is 0 Å². The molecule has 2 aromatic rings. The molecule has 0 bridgehead atoms. The maximum absolute atomic E-state index is 12.7. The van der Waals surface area contributed by atoms with Crippen molar-refractivity contribution in [3.63, 3.8) is 0 Å². The number of hydrogen-bond donors (Lipinski definition) is 1. The lowest BCUT2D eigenvalue weighted by Gasteiger charge is -2.23. The highest BCUT2D eigenvalue weighted by Gasteiger charge is 2.20. The van der Waals surface area contributed by atoms with Crippen LogP contribution in [0.3, 0.4) is 0 Å². The first-order valence-electron chi connectivity index (χ1n) is 6.61. The number of halogens is 2. The Kier molecular flexibility index (Phi) is 5.10. The molecule has 0 aliphatic rings. The Morgan fingerprint density at radius 1 is 1.10 bits per heavy atom. The Morgan fingerprint density at radius 3 is 2.38 bits per heavy atom. The number of anilines is 1. The highest BCUT2D eigenvalue weighted by molar-refractivity contribution is 6.34. The second-order valence-corrected chi connectivity index (χ2v) is 5.43. The van der Waals surface area contributed by atoms with Crippen molar-refractivity contribution in [1.82, 2.24) is 4.90 Å². The number of nitrogens with zero attached hydrogens (tertiary/aromatic N) is 1. The van der Waals surface area contributed by atoms with E-state index in [0.29, 0.717) is 34.4 Å². The Bertz CT molecular complexity index is 638. The number of rotatable bonds is 4. The van der Waals surface area contributed by atoms with E-state index >= 15 is 0 Å². The fourth-order valence-electron chi connectivity index (χ4n) is 2.08. The van der Waals surface area contributed by atoms with Crippen molar-refractivity contribution >= 4 is 34.8 Å². The van der Waals surface area contributed by atoms with Gasteiger partial charge in [0, 0.05) is 23.8 Å². The van der Waals surface area contributed by atoms with Crippen molar-refractivity contribution < 1.29 is 4.79 Å². The summed E-state index contributed by atoms with van der Waals surface area (Å²) < 4.78 is 0. The molecule has 0 unspecified atom stereocenters. The van der Waals surface area contributed by atoms with Gasteiger partial charge < -0.3 is 10.6 Å². The third-order valence-corrected chi connectivity index (χ3v) is 3.93. The second-order valence-electron chi connectivity index (χ2n) is 4.61. The van der Waals surface area contributed by atoms with Gasteiger partial charge in [0.15, 0.2) is 0 Å². The molecule has 0 fully saturated rings. The van der Waals surface area contributed by atoms with Crippen LogP contribution in [-0.2, 0) is 6.54 Å². The zero-order valence-electron chi connectivity index (χ0n) is 11.6. The van der Waals surface area contributed by atoms with Crippen LogP contribution in [0.1, 0.15) is 22.8 Å². The number of hydrogen-bond acceptors (Lipinski definition) is 2. The Balaban J connectivity index is 2.30. The van der Waals surface area contributed by atoms with Gasteiger partial charge in [-0.05, 0) is 30.7 Å². The number of benzene rings is 2. The highest BCUT2D eigenvalue weighted by atomic mass is 35.5. The van der Waals surface area contributed by atoms with Gasteiger partial charge in [0.1, 0.15) is 0 Å². The molecule has 0 aliphatic heterocycles. The van der Waals surface area contributed by atoms with Crippen molar-refractivity contribution in [1.29, 1.82) is 0 Å². The van der Waals surface area contributed by atoms with Gasteiger partial charge in [-0.2, -0.15) is 0 Å². The van der Waals surface area contributed by atoms with Gasteiger partial charge in [-0.15, -0.1) is 0 Å². The lowest BCUT2D eigenvalue weighted by Crippen LogP contribution is -2.31. The van der Waals surface area contributed by atoms with E-state index in [1.807, 2.05) is 25.1 Å². The van der Waals surface area contributed by atoms with E-state index in [9.17, 15) is 4.79 Å². The monoisotopic (exact) mass is 322 g/mol. The predicted octanol–water partition coefficient (Wildman–Crippen LogP) is 4.24. The average molecular weight is 323 g/mol. The molecule has 110 valence electrons. The molecular formula is C16H16Cl2N2O. The molecule has 0 aliphatic carbocycles. The molecule has 2 N–H and O–H groups in total. The quantitative estimate of drug-likeness (QED) is 0.856. The van der Waals surface area contributed by atoms with Crippen LogP contribution in [0.5, 0.6) is 0 Å². The first-order chi connectivity index (χ1) is 10.0. The maximum atomic E-state index is 12.7. The first-order valence-corrected chi connectivity index (χ1v) is 7.36. The van der Waals surface area contributed by atoms with Gasteiger partial charge in [-0.3, -0.25) is 4.79 Å². The third kappa shape index (κ3) is 3.49. The van der Waals surface area contributed by atoms with Crippen LogP contribution in [0.2, 0.25) is 10.0 Å².